The molecule has 0 aliphatic rings. The monoisotopic (exact) mass is 350 g/mol. The minimum Gasteiger partial charge on any atom is -0.122 e. The maximum absolute atomic E-state index is 2.27. The molecule has 0 amide bonds. The van der Waals surface area contributed by atoms with Crippen LogP contribution in [0.1, 0.15) is 79.1 Å². The summed E-state index contributed by atoms with van der Waals surface area (Å²) in [7, 11) is 2.49. The van der Waals surface area contributed by atoms with Gasteiger partial charge in [-0.2, -0.15) is 0 Å². The van der Waals surface area contributed by atoms with Gasteiger partial charge in [0.2, 0.25) is 0 Å². The summed E-state index contributed by atoms with van der Waals surface area (Å²) in [5, 5.41) is 0. The van der Waals surface area contributed by atoms with Gasteiger partial charge in [0, 0.05) is 16.5 Å². The molecule has 0 aliphatic carbocycles. The largest absolute Gasteiger partial charge is 0.122 e. The fourth-order valence-corrected chi connectivity index (χ4v) is 4.37. The number of hydrogen-bond acceptors (Lipinski definition) is 0. The van der Waals surface area contributed by atoms with E-state index in [-0.39, 0.29) is 16.5 Å². The summed E-state index contributed by atoms with van der Waals surface area (Å²) in [5.74, 6) is 0. The van der Waals surface area contributed by atoms with Gasteiger partial charge in [0.1, 0.15) is 0 Å². The van der Waals surface area contributed by atoms with Crippen LogP contribution in [-0.4, -0.2) is 24.6 Å². The Labute approximate surface area is 137 Å². The summed E-state index contributed by atoms with van der Waals surface area (Å²) in [6.07, 6.45) is 17.2. The summed E-state index contributed by atoms with van der Waals surface area (Å²) in [5.41, 5.74) is 0. The first kappa shape index (κ1) is 25.3. The summed E-state index contributed by atoms with van der Waals surface area (Å²) in [6, 6.07) is 0. The van der Waals surface area contributed by atoms with Crippen LogP contribution < -0.4 is 0 Å². The van der Waals surface area contributed by atoms with E-state index in [1.807, 2.05) is 0 Å². The predicted octanol–water partition coefficient (Wildman–Crippen LogP) is 6.53. The third kappa shape index (κ3) is 32.7. The number of rotatable bonds is 12. The van der Waals surface area contributed by atoms with Gasteiger partial charge < -0.3 is 0 Å². The van der Waals surface area contributed by atoms with Gasteiger partial charge in [-0.15, -0.1) is 17.2 Å². The Kier molecular flexibility index (Phi) is 36.8. The molecule has 0 rings (SSSR count). The van der Waals surface area contributed by atoms with Crippen molar-refractivity contribution >= 4 is 17.2 Å². The van der Waals surface area contributed by atoms with E-state index in [0.29, 0.717) is 0 Å². The summed E-state index contributed by atoms with van der Waals surface area (Å²) < 4.78 is 0. The van der Waals surface area contributed by atoms with E-state index in [2.05, 4.69) is 27.7 Å². The van der Waals surface area contributed by atoms with Crippen molar-refractivity contribution < 1.29 is 16.5 Å². The fourth-order valence-electron chi connectivity index (χ4n) is 1.46. The van der Waals surface area contributed by atoms with Gasteiger partial charge in [0.25, 0.3) is 0 Å². The van der Waals surface area contributed by atoms with Crippen molar-refractivity contribution in [1.82, 2.24) is 0 Å². The molecule has 0 nitrogen and oxygen atoms in total. The molecule has 0 saturated heterocycles. The van der Waals surface area contributed by atoms with Crippen LogP contribution >= 0.6 is 17.2 Å². The molecule has 0 fully saturated rings. The van der Waals surface area contributed by atoms with Crippen molar-refractivity contribution in [2.45, 2.75) is 79.1 Å². The van der Waals surface area contributed by atoms with Gasteiger partial charge in [-0.05, 0) is 50.3 Å². The molecule has 0 heterocycles. The van der Waals surface area contributed by atoms with E-state index in [4.69, 9.17) is 0 Å². The molecular formula is C16H38NiP2. The Bertz CT molecular complexity index is 95.3. The summed E-state index contributed by atoms with van der Waals surface area (Å²) in [4.78, 5) is 0. The quantitative estimate of drug-likeness (QED) is 0.213. The number of hydrogen-bond donors (Lipinski definition) is 0. The van der Waals surface area contributed by atoms with E-state index in [1.54, 1.807) is 0 Å². The molecule has 0 N–H and O–H groups in total. The molecule has 0 aliphatic heterocycles. The second-order valence-electron chi connectivity index (χ2n) is 4.91. The Balaban J connectivity index is -0.000000256. The predicted molar refractivity (Wildman–Crippen MR) is 95.7 cm³/mol. The molecule has 0 saturated carbocycles. The van der Waals surface area contributed by atoms with E-state index in [1.165, 1.54) is 93.2 Å². The van der Waals surface area contributed by atoms with Crippen molar-refractivity contribution in [3.8, 4) is 0 Å². The third-order valence-corrected chi connectivity index (χ3v) is 5.66. The average molecular weight is 351 g/mol. The molecule has 122 valence electrons. The third-order valence-electron chi connectivity index (χ3n) is 2.83. The first-order valence-electron chi connectivity index (χ1n) is 8.24. The van der Waals surface area contributed by atoms with Crippen LogP contribution in [0.3, 0.4) is 0 Å². The zero-order chi connectivity index (χ0) is 13.9. The van der Waals surface area contributed by atoms with Crippen LogP contribution in [0.5, 0.6) is 0 Å². The van der Waals surface area contributed by atoms with Gasteiger partial charge in [0.05, 0.1) is 0 Å². The molecule has 0 aromatic carbocycles. The standard InChI is InChI=1S/2C8H19P.Ni/c2*1-3-5-7-9-8-6-4-2;/h2*9H,3-8H2,1-2H3;. The molecule has 0 aromatic rings. The van der Waals surface area contributed by atoms with Crippen molar-refractivity contribution in [1.29, 1.82) is 0 Å². The Morgan fingerprint density at radius 1 is 0.474 bits per heavy atom. The Morgan fingerprint density at radius 3 is 0.842 bits per heavy atom. The molecule has 0 radical (unpaired) electrons. The fraction of sp³-hybridized carbons (Fsp3) is 1.00. The normalized spacial score (nSPS) is 9.47. The minimum absolute atomic E-state index is 0. The van der Waals surface area contributed by atoms with Gasteiger partial charge in [-0.1, -0.05) is 53.4 Å². The Morgan fingerprint density at radius 2 is 0.684 bits per heavy atom. The molecular weight excluding hydrogens is 313 g/mol. The minimum atomic E-state index is 0. The maximum atomic E-state index is 2.27. The second kappa shape index (κ2) is 27.7. The Hall–Kier alpha value is 1.35. The van der Waals surface area contributed by atoms with Crippen LogP contribution in [-0.2, 0) is 16.5 Å². The summed E-state index contributed by atoms with van der Waals surface area (Å²) >= 11 is 0. The zero-order valence-electron chi connectivity index (χ0n) is 13.8. The van der Waals surface area contributed by atoms with Crippen LogP contribution in [0, 0.1) is 0 Å². The van der Waals surface area contributed by atoms with E-state index < -0.39 is 0 Å². The van der Waals surface area contributed by atoms with E-state index in [9.17, 15) is 0 Å². The molecule has 0 atom stereocenters. The SMILES string of the molecule is CCCCPCCCC.CCCCPCCCC.[Ni]. The molecule has 0 unspecified atom stereocenters. The molecule has 19 heavy (non-hydrogen) atoms. The number of unbranched alkanes of at least 4 members (excludes halogenated alkanes) is 4. The first-order valence-corrected chi connectivity index (χ1v) is 11.1. The van der Waals surface area contributed by atoms with Gasteiger partial charge in [0.15, 0.2) is 0 Å². The molecule has 0 aromatic heterocycles. The first-order chi connectivity index (χ1) is 8.83. The molecule has 0 bridgehead atoms. The van der Waals surface area contributed by atoms with Crippen LogP contribution in [0.4, 0.5) is 0 Å². The summed E-state index contributed by atoms with van der Waals surface area (Å²) in [6.45, 7) is 9.07. The van der Waals surface area contributed by atoms with Crippen molar-refractivity contribution in [2.75, 3.05) is 24.6 Å². The van der Waals surface area contributed by atoms with E-state index >= 15 is 0 Å². The van der Waals surface area contributed by atoms with Crippen LogP contribution in [0.25, 0.3) is 0 Å². The van der Waals surface area contributed by atoms with E-state index in [0.717, 1.165) is 0 Å². The second-order valence-corrected chi connectivity index (χ2v) is 7.91. The van der Waals surface area contributed by atoms with Gasteiger partial charge in [-0.3, -0.25) is 0 Å². The molecule has 3 heteroatoms. The van der Waals surface area contributed by atoms with Gasteiger partial charge >= 0.3 is 0 Å². The van der Waals surface area contributed by atoms with Crippen LogP contribution in [0.2, 0.25) is 0 Å². The zero-order valence-corrected chi connectivity index (χ0v) is 16.8. The van der Waals surface area contributed by atoms with Crippen molar-refractivity contribution in [3.63, 3.8) is 0 Å². The van der Waals surface area contributed by atoms with Crippen molar-refractivity contribution in [2.24, 2.45) is 0 Å². The molecule has 0 spiro atoms. The average Bonchev–Trinajstić information content (AvgIpc) is 2.39. The smallest absolute Gasteiger partial charge is 0 e. The maximum Gasteiger partial charge on any atom is 0 e. The van der Waals surface area contributed by atoms with Crippen LogP contribution in [0.15, 0.2) is 0 Å². The van der Waals surface area contributed by atoms with Gasteiger partial charge in [-0.25, -0.2) is 0 Å². The van der Waals surface area contributed by atoms with Crippen molar-refractivity contribution in [3.05, 3.63) is 0 Å². The topological polar surface area (TPSA) is 0 Å².